The molecule has 1 aliphatic rings. The molecule has 1 aromatic carbocycles. The zero-order valence-corrected chi connectivity index (χ0v) is 23.4. The van der Waals surface area contributed by atoms with Gasteiger partial charge in [0.05, 0.1) is 29.1 Å². The van der Waals surface area contributed by atoms with E-state index in [2.05, 4.69) is 38.3 Å². The van der Waals surface area contributed by atoms with E-state index in [0.29, 0.717) is 45.4 Å². The van der Waals surface area contributed by atoms with Gasteiger partial charge in [-0.3, -0.25) is 19.1 Å². The van der Waals surface area contributed by atoms with E-state index in [1.807, 2.05) is 53.2 Å². The summed E-state index contributed by atoms with van der Waals surface area (Å²) in [6.45, 7) is 3.47. The van der Waals surface area contributed by atoms with E-state index >= 15 is 0 Å². The molecule has 12 nitrogen and oxygen atoms in total. The van der Waals surface area contributed by atoms with Gasteiger partial charge in [-0.2, -0.15) is 5.10 Å². The Hall–Kier alpha value is -6.17. The molecule has 216 valence electrons. The second-order valence-electron chi connectivity index (χ2n) is 10.2. The molecule has 0 unspecified atom stereocenters. The minimum Gasteiger partial charge on any atom is -0.383 e. The maximum absolute atomic E-state index is 13.3. The smallest absolute Gasteiger partial charge is 0.253 e. The van der Waals surface area contributed by atoms with Crippen molar-refractivity contribution in [1.82, 2.24) is 39.6 Å². The summed E-state index contributed by atoms with van der Waals surface area (Å²) in [5, 5.41) is 10.1. The number of nitrogens with one attached hydrogen (secondary N) is 2. The number of hydrogen-bond acceptors (Lipinski definition) is 8. The van der Waals surface area contributed by atoms with Crippen LogP contribution in [0.5, 0.6) is 0 Å². The standard InChI is InChI=1S/C32H26N10O2/c1-2-28(43)37-26-18-34-15-12-22(26)32(44)39-24-9-6-19-17-20(7-8-21(19)24)42-30(23-5-3-13-35-29(23)33)38-25-10-11-27(40-31(25)42)41-16-4-14-36-41/h2-5,7-8,10-18,24H,1,6,9H2,(H2,33,35)(H,37,43)(H,39,44)/t24-/m0/s1. The van der Waals surface area contributed by atoms with E-state index in [1.54, 1.807) is 23.1 Å². The van der Waals surface area contributed by atoms with Crippen LogP contribution in [0.25, 0.3) is 34.1 Å². The monoisotopic (exact) mass is 582 g/mol. The number of nitrogens with two attached hydrogens (primary N) is 1. The highest BCUT2D eigenvalue weighted by molar-refractivity contribution is 6.06. The van der Waals surface area contributed by atoms with E-state index < -0.39 is 5.91 Å². The largest absolute Gasteiger partial charge is 0.383 e. The lowest BCUT2D eigenvalue weighted by atomic mass is 10.1. The molecule has 12 heteroatoms. The lowest BCUT2D eigenvalue weighted by Crippen LogP contribution is -2.28. The van der Waals surface area contributed by atoms with Gasteiger partial charge in [0, 0.05) is 30.5 Å². The average molecular weight is 583 g/mol. The van der Waals surface area contributed by atoms with Crippen molar-refractivity contribution in [2.45, 2.75) is 18.9 Å². The first-order chi connectivity index (χ1) is 21.5. The van der Waals surface area contributed by atoms with Gasteiger partial charge in [-0.05, 0) is 78.6 Å². The van der Waals surface area contributed by atoms with Gasteiger partial charge in [-0.15, -0.1) is 0 Å². The maximum Gasteiger partial charge on any atom is 0.253 e. The Kier molecular flexibility index (Phi) is 6.62. The Bertz CT molecular complexity index is 2070. The molecular formula is C32H26N10O2. The van der Waals surface area contributed by atoms with Gasteiger partial charge < -0.3 is 16.4 Å². The van der Waals surface area contributed by atoms with Crippen molar-refractivity contribution in [2.75, 3.05) is 11.1 Å². The molecule has 5 heterocycles. The summed E-state index contributed by atoms with van der Waals surface area (Å²) >= 11 is 0. The van der Waals surface area contributed by atoms with Gasteiger partial charge >= 0.3 is 0 Å². The number of nitrogen functional groups attached to an aromatic ring is 1. The second-order valence-corrected chi connectivity index (χ2v) is 10.2. The molecule has 0 fully saturated rings. The number of fused-ring (bicyclic) bond motifs is 2. The Morgan fingerprint density at radius 2 is 1.95 bits per heavy atom. The molecule has 4 N–H and O–H groups in total. The number of anilines is 2. The van der Waals surface area contributed by atoms with Gasteiger partial charge in [0.1, 0.15) is 11.3 Å². The molecule has 1 aliphatic carbocycles. The fourth-order valence-electron chi connectivity index (χ4n) is 5.52. The molecule has 1 atom stereocenters. The number of imidazole rings is 1. The van der Waals surface area contributed by atoms with Crippen LogP contribution < -0.4 is 16.4 Å². The predicted molar refractivity (Wildman–Crippen MR) is 165 cm³/mol. The first-order valence-corrected chi connectivity index (χ1v) is 13.9. The highest BCUT2D eigenvalue weighted by Gasteiger charge is 2.27. The van der Waals surface area contributed by atoms with Crippen molar-refractivity contribution in [2.24, 2.45) is 0 Å². The topological polar surface area (TPSA) is 159 Å². The van der Waals surface area contributed by atoms with Gasteiger partial charge in [0.15, 0.2) is 17.3 Å². The Labute approximate surface area is 251 Å². The number of carbonyl (C=O) groups excluding carboxylic acids is 2. The van der Waals surface area contributed by atoms with E-state index in [-0.39, 0.29) is 11.9 Å². The van der Waals surface area contributed by atoms with Crippen LogP contribution in [-0.4, -0.2) is 46.1 Å². The summed E-state index contributed by atoms with van der Waals surface area (Å²) in [5.41, 5.74) is 11.9. The van der Waals surface area contributed by atoms with Crippen molar-refractivity contribution in [3.63, 3.8) is 0 Å². The number of aromatic nitrogens is 7. The molecule has 44 heavy (non-hydrogen) atoms. The molecule has 0 spiro atoms. The van der Waals surface area contributed by atoms with Crippen LogP contribution >= 0.6 is 0 Å². The first kappa shape index (κ1) is 26.7. The Morgan fingerprint density at radius 1 is 1.05 bits per heavy atom. The number of amides is 2. The van der Waals surface area contributed by atoms with Crippen LogP contribution in [0.4, 0.5) is 11.5 Å². The number of pyridine rings is 3. The zero-order chi connectivity index (χ0) is 30.2. The Balaban J connectivity index is 1.26. The molecule has 0 saturated heterocycles. The highest BCUT2D eigenvalue weighted by Crippen LogP contribution is 2.36. The minimum absolute atomic E-state index is 0.208. The van der Waals surface area contributed by atoms with Crippen LogP contribution in [0.15, 0.2) is 98.2 Å². The molecule has 7 rings (SSSR count). The molecule has 0 aliphatic heterocycles. The van der Waals surface area contributed by atoms with Gasteiger partial charge in [0.2, 0.25) is 5.91 Å². The van der Waals surface area contributed by atoms with E-state index in [9.17, 15) is 9.59 Å². The average Bonchev–Trinajstić information content (AvgIpc) is 3.80. The summed E-state index contributed by atoms with van der Waals surface area (Å²) in [6, 6.07) is 16.8. The molecule has 0 bridgehead atoms. The third kappa shape index (κ3) is 4.73. The van der Waals surface area contributed by atoms with E-state index in [0.717, 1.165) is 35.7 Å². The first-order valence-electron chi connectivity index (χ1n) is 13.9. The number of hydrogen-bond donors (Lipinski definition) is 3. The minimum atomic E-state index is -0.420. The summed E-state index contributed by atoms with van der Waals surface area (Å²) in [4.78, 5) is 43.3. The molecule has 6 aromatic rings. The fraction of sp³-hybridized carbons (Fsp3) is 0.0938. The van der Waals surface area contributed by atoms with E-state index in [1.165, 1.54) is 12.4 Å². The van der Waals surface area contributed by atoms with Crippen LogP contribution in [0.2, 0.25) is 0 Å². The van der Waals surface area contributed by atoms with Crippen molar-refractivity contribution < 1.29 is 9.59 Å². The van der Waals surface area contributed by atoms with Gasteiger partial charge in [-0.1, -0.05) is 12.6 Å². The predicted octanol–water partition coefficient (Wildman–Crippen LogP) is 4.19. The summed E-state index contributed by atoms with van der Waals surface area (Å²) in [6.07, 6.45) is 10.8. The van der Waals surface area contributed by atoms with Crippen LogP contribution in [0.3, 0.4) is 0 Å². The van der Waals surface area contributed by atoms with Crippen LogP contribution in [0.1, 0.15) is 33.9 Å². The summed E-state index contributed by atoms with van der Waals surface area (Å²) < 4.78 is 3.68. The Morgan fingerprint density at radius 3 is 2.77 bits per heavy atom. The molecule has 0 radical (unpaired) electrons. The number of benzene rings is 1. The van der Waals surface area contributed by atoms with Gasteiger partial charge in [0.25, 0.3) is 5.91 Å². The SMILES string of the molecule is C=CC(=O)Nc1cnccc1C(=O)N[C@H]1CCc2cc(-n3c(-c4cccnc4N)nc4ccc(-n5cccn5)nc43)ccc21. The van der Waals surface area contributed by atoms with Crippen molar-refractivity contribution in [3.05, 3.63) is 115 Å². The fourth-order valence-corrected chi connectivity index (χ4v) is 5.52. The third-order valence-corrected chi connectivity index (χ3v) is 7.59. The zero-order valence-electron chi connectivity index (χ0n) is 23.4. The number of rotatable bonds is 7. The summed E-state index contributed by atoms with van der Waals surface area (Å²) in [5.74, 6) is 0.902. The van der Waals surface area contributed by atoms with Crippen LogP contribution in [0, 0.1) is 0 Å². The molecule has 5 aromatic heterocycles. The highest BCUT2D eigenvalue weighted by atomic mass is 16.2. The third-order valence-electron chi connectivity index (χ3n) is 7.59. The lowest BCUT2D eigenvalue weighted by molar-refractivity contribution is -0.111. The number of carbonyl (C=O) groups is 2. The van der Waals surface area contributed by atoms with Gasteiger partial charge in [-0.25, -0.2) is 19.6 Å². The lowest BCUT2D eigenvalue weighted by Gasteiger charge is -2.17. The van der Waals surface area contributed by atoms with Crippen molar-refractivity contribution in [1.29, 1.82) is 0 Å². The quantitative estimate of drug-likeness (QED) is 0.236. The molecule has 2 amide bonds. The van der Waals surface area contributed by atoms with E-state index in [4.69, 9.17) is 15.7 Å². The van der Waals surface area contributed by atoms with Crippen molar-refractivity contribution >= 4 is 34.5 Å². The number of aryl methyl sites for hydroxylation is 1. The van der Waals surface area contributed by atoms with Crippen LogP contribution in [-0.2, 0) is 11.2 Å². The summed E-state index contributed by atoms with van der Waals surface area (Å²) in [7, 11) is 0. The maximum atomic E-state index is 13.3. The second kappa shape index (κ2) is 10.9. The van der Waals surface area contributed by atoms with Crippen molar-refractivity contribution in [3.8, 4) is 22.9 Å². The number of nitrogens with zero attached hydrogens (tertiary/aromatic N) is 7. The normalized spacial score (nSPS) is 13.9. The molecular weight excluding hydrogens is 556 g/mol. The molecule has 0 saturated carbocycles.